The van der Waals surface area contributed by atoms with Crippen LogP contribution < -0.4 is 16.2 Å². The summed E-state index contributed by atoms with van der Waals surface area (Å²) in [5, 5.41) is 16.0. The molecule has 1 saturated heterocycles. The van der Waals surface area contributed by atoms with Crippen molar-refractivity contribution in [2.24, 2.45) is 0 Å². The fourth-order valence-corrected chi connectivity index (χ4v) is 2.26. The Morgan fingerprint density at radius 1 is 1.53 bits per heavy atom. The molecule has 0 aromatic carbocycles. The van der Waals surface area contributed by atoms with E-state index in [2.05, 4.69) is 15.6 Å². The molecule has 0 unspecified atom stereocenters. The molecule has 104 valence electrons. The number of piperidine rings is 1. The van der Waals surface area contributed by atoms with E-state index < -0.39 is 5.60 Å². The average molecular weight is 265 g/mol. The van der Waals surface area contributed by atoms with Crippen LogP contribution in [0.3, 0.4) is 0 Å². The van der Waals surface area contributed by atoms with Gasteiger partial charge in [-0.05, 0) is 32.4 Å². The average Bonchev–Trinajstić information content (AvgIpc) is 2.36. The molecule has 2 heterocycles. The van der Waals surface area contributed by atoms with Crippen molar-refractivity contribution >= 4 is 5.91 Å². The van der Waals surface area contributed by atoms with Gasteiger partial charge in [-0.3, -0.25) is 9.59 Å². The van der Waals surface area contributed by atoms with Gasteiger partial charge in [-0.2, -0.15) is 0 Å². The molecule has 0 bridgehead atoms. The van der Waals surface area contributed by atoms with Gasteiger partial charge in [-0.25, -0.2) is 0 Å². The molecule has 1 aliphatic rings. The van der Waals surface area contributed by atoms with Gasteiger partial charge in [0.05, 0.1) is 5.60 Å². The second-order valence-corrected chi connectivity index (χ2v) is 5.10. The third-order valence-electron chi connectivity index (χ3n) is 3.27. The van der Waals surface area contributed by atoms with Crippen molar-refractivity contribution in [1.82, 2.24) is 15.6 Å². The van der Waals surface area contributed by atoms with Crippen LogP contribution in [0.25, 0.3) is 0 Å². The summed E-state index contributed by atoms with van der Waals surface area (Å²) in [6, 6.07) is 2.87. The molecule has 0 saturated carbocycles. The summed E-state index contributed by atoms with van der Waals surface area (Å²) in [5.41, 5.74) is -0.253. The van der Waals surface area contributed by atoms with Crippen LogP contribution in [0.2, 0.25) is 0 Å². The Hall–Kier alpha value is -1.66. The Morgan fingerprint density at radius 3 is 2.95 bits per heavy atom. The van der Waals surface area contributed by atoms with Crippen molar-refractivity contribution in [1.29, 1.82) is 0 Å². The fourth-order valence-electron chi connectivity index (χ4n) is 2.26. The molecule has 1 aromatic rings. The Balaban J connectivity index is 1.99. The van der Waals surface area contributed by atoms with Gasteiger partial charge in [0.15, 0.2) is 0 Å². The molecule has 6 nitrogen and oxygen atoms in total. The molecule has 1 atom stereocenters. The lowest BCUT2D eigenvalue weighted by atomic mass is 9.94. The molecule has 2 rings (SSSR count). The molecule has 0 aliphatic carbocycles. The maximum atomic E-state index is 11.9. The summed E-state index contributed by atoms with van der Waals surface area (Å²) in [6.07, 6.45) is 1.55. The van der Waals surface area contributed by atoms with Gasteiger partial charge in [0.25, 0.3) is 5.91 Å². The Kier molecular flexibility index (Phi) is 4.01. The molecule has 1 aliphatic heterocycles. The maximum absolute atomic E-state index is 11.9. The minimum Gasteiger partial charge on any atom is -0.387 e. The number of carbonyl (C=O) groups excluding carboxylic acids is 1. The monoisotopic (exact) mass is 265 g/mol. The van der Waals surface area contributed by atoms with Crippen molar-refractivity contribution in [2.45, 2.75) is 25.4 Å². The quantitative estimate of drug-likeness (QED) is 0.594. The number of rotatable bonds is 3. The molecule has 4 N–H and O–H groups in total. The van der Waals surface area contributed by atoms with E-state index in [0.717, 1.165) is 13.0 Å². The first-order valence-corrected chi connectivity index (χ1v) is 6.41. The SMILES string of the molecule is Cc1cc(C(=O)NC[C@@]2(O)CCCNC2)cc(=O)[nH]1. The molecular formula is C13H19N3O3. The highest BCUT2D eigenvalue weighted by atomic mass is 16.3. The van der Waals surface area contributed by atoms with E-state index in [1.807, 2.05) is 0 Å². The summed E-state index contributed by atoms with van der Waals surface area (Å²) >= 11 is 0. The lowest BCUT2D eigenvalue weighted by molar-refractivity contribution is 0.0170. The number of aromatic amines is 1. The second kappa shape index (κ2) is 5.54. The van der Waals surface area contributed by atoms with Crippen LogP contribution in [0.4, 0.5) is 0 Å². The molecule has 0 spiro atoms. The van der Waals surface area contributed by atoms with Crippen LogP contribution in [0.1, 0.15) is 28.9 Å². The number of H-pyrrole nitrogens is 1. The van der Waals surface area contributed by atoms with Crippen molar-refractivity contribution in [2.75, 3.05) is 19.6 Å². The van der Waals surface area contributed by atoms with Crippen molar-refractivity contribution in [3.05, 3.63) is 33.7 Å². The zero-order valence-electron chi connectivity index (χ0n) is 11.0. The summed E-state index contributed by atoms with van der Waals surface area (Å²) in [4.78, 5) is 25.8. The number of pyridine rings is 1. The number of aryl methyl sites for hydroxylation is 1. The molecule has 19 heavy (non-hydrogen) atoms. The standard InChI is InChI=1S/C13H19N3O3/c1-9-5-10(6-11(17)16-9)12(18)15-8-13(19)3-2-4-14-7-13/h5-6,14,19H,2-4,7-8H2,1H3,(H,15,18)(H,16,17)/t13-/m1/s1. The van der Waals surface area contributed by atoms with E-state index in [9.17, 15) is 14.7 Å². The highest BCUT2D eigenvalue weighted by Crippen LogP contribution is 2.14. The maximum Gasteiger partial charge on any atom is 0.251 e. The molecule has 1 amide bonds. The van der Waals surface area contributed by atoms with E-state index in [1.165, 1.54) is 6.07 Å². The van der Waals surface area contributed by atoms with Crippen molar-refractivity contribution < 1.29 is 9.90 Å². The minimum absolute atomic E-state index is 0.185. The summed E-state index contributed by atoms with van der Waals surface area (Å²) in [5.74, 6) is -0.340. The smallest absolute Gasteiger partial charge is 0.251 e. The lowest BCUT2D eigenvalue weighted by Crippen LogP contribution is -2.52. The number of β-amino-alcohol motifs (C(OH)–C–C–N with tert-alkyl or cyclic N) is 1. The van der Waals surface area contributed by atoms with Crippen LogP contribution in [-0.2, 0) is 0 Å². The predicted octanol–water partition coefficient (Wildman–Crippen LogP) is -0.472. The van der Waals surface area contributed by atoms with Crippen LogP contribution in [0.5, 0.6) is 0 Å². The van der Waals surface area contributed by atoms with Gasteiger partial charge in [0.1, 0.15) is 0 Å². The number of nitrogens with one attached hydrogen (secondary N) is 3. The molecule has 1 fully saturated rings. The van der Waals surface area contributed by atoms with E-state index in [0.29, 0.717) is 24.2 Å². The largest absolute Gasteiger partial charge is 0.387 e. The second-order valence-electron chi connectivity index (χ2n) is 5.10. The summed E-state index contributed by atoms with van der Waals surface area (Å²) < 4.78 is 0. The molecule has 1 aromatic heterocycles. The van der Waals surface area contributed by atoms with Gasteiger partial charge in [-0.15, -0.1) is 0 Å². The Morgan fingerprint density at radius 2 is 2.32 bits per heavy atom. The zero-order chi connectivity index (χ0) is 13.9. The number of aliphatic hydroxyl groups is 1. The topological polar surface area (TPSA) is 94.2 Å². The third-order valence-corrected chi connectivity index (χ3v) is 3.27. The third kappa shape index (κ3) is 3.65. The van der Waals surface area contributed by atoms with E-state index in [-0.39, 0.29) is 18.0 Å². The Bertz CT molecular complexity index is 518. The highest BCUT2D eigenvalue weighted by Gasteiger charge is 2.29. The van der Waals surface area contributed by atoms with Gasteiger partial charge in [0, 0.05) is 30.4 Å². The number of hydrogen-bond acceptors (Lipinski definition) is 4. The van der Waals surface area contributed by atoms with Crippen LogP contribution in [0, 0.1) is 6.92 Å². The molecular weight excluding hydrogens is 246 g/mol. The zero-order valence-corrected chi connectivity index (χ0v) is 11.0. The van der Waals surface area contributed by atoms with Gasteiger partial charge in [-0.1, -0.05) is 0 Å². The lowest BCUT2D eigenvalue weighted by Gasteiger charge is -2.32. The summed E-state index contributed by atoms with van der Waals surface area (Å²) in [7, 11) is 0. The van der Waals surface area contributed by atoms with Gasteiger partial charge >= 0.3 is 0 Å². The summed E-state index contributed by atoms with van der Waals surface area (Å²) in [6.45, 7) is 3.27. The predicted molar refractivity (Wildman–Crippen MR) is 71.2 cm³/mol. The number of aromatic nitrogens is 1. The van der Waals surface area contributed by atoms with Gasteiger partial charge < -0.3 is 20.7 Å². The normalized spacial score (nSPS) is 23.1. The van der Waals surface area contributed by atoms with Crippen LogP contribution >= 0.6 is 0 Å². The first-order valence-electron chi connectivity index (χ1n) is 6.41. The van der Waals surface area contributed by atoms with E-state index >= 15 is 0 Å². The van der Waals surface area contributed by atoms with E-state index in [4.69, 9.17) is 0 Å². The first-order chi connectivity index (χ1) is 8.98. The number of carbonyl (C=O) groups is 1. The fraction of sp³-hybridized carbons (Fsp3) is 0.538. The Labute approximate surface area is 111 Å². The number of hydrogen-bond donors (Lipinski definition) is 4. The van der Waals surface area contributed by atoms with Crippen molar-refractivity contribution in [3.8, 4) is 0 Å². The molecule has 6 heteroatoms. The van der Waals surface area contributed by atoms with E-state index in [1.54, 1.807) is 13.0 Å². The first kappa shape index (κ1) is 13.8. The van der Waals surface area contributed by atoms with Crippen molar-refractivity contribution in [3.63, 3.8) is 0 Å². The minimum atomic E-state index is -0.899. The van der Waals surface area contributed by atoms with Crippen LogP contribution in [-0.4, -0.2) is 41.2 Å². The highest BCUT2D eigenvalue weighted by molar-refractivity contribution is 5.94. The molecule has 0 radical (unpaired) electrons. The van der Waals surface area contributed by atoms with Crippen LogP contribution in [0.15, 0.2) is 16.9 Å². The number of amides is 1. The van der Waals surface area contributed by atoms with Gasteiger partial charge in [0.2, 0.25) is 5.56 Å².